The van der Waals surface area contributed by atoms with Gasteiger partial charge in [-0.25, -0.2) is 19.4 Å². The number of aliphatic imine (C=N–C) groups is 1. The topological polar surface area (TPSA) is 67.1 Å². The van der Waals surface area contributed by atoms with Gasteiger partial charge < -0.3 is 15.2 Å². The predicted octanol–water partition coefficient (Wildman–Crippen LogP) is 4.00. The van der Waals surface area contributed by atoms with Gasteiger partial charge in [0.2, 0.25) is 0 Å². The Hall–Kier alpha value is -2.01. The smallest absolute Gasteiger partial charge is 0.191 e. The molecule has 1 aromatic carbocycles. The number of halogens is 2. The van der Waals surface area contributed by atoms with Crippen molar-refractivity contribution in [2.45, 2.75) is 33.7 Å². The first-order chi connectivity index (χ1) is 13.6. The van der Waals surface area contributed by atoms with E-state index in [1.54, 1.807) is 40.7 Å². The van der Waals surface area contributed by atoms with Crippen molar-refractivity contribution in [3.63, 3.8) is 0 Å². The van der Waals surface area contributed by atoms with Crippen LogP contribution in [0.15, 0.2) is 41.9 Å². The first-order valence-electron chi connectivity index (χ1n) is 9.28. The molecule has 0 saturated heterocycles. The summed E-state index contributed by atoms with van der Waals surface area (Å²) in [6.07, 6.45) is 5.77. The van der Waals surface area contributed by atoms with Gasteiger partial charge in [0.25, 0.3) is 0 Å². The fourth-order valence-electron chi connectivity index (χ4n) is 2.71. The zero-order chi connectivity index (χ0) is 19.9. The Labute approximate surface area is 191 Å². The van der Waals surface area contributed by atoms with Crippen LogP contribution >= 0.6 is 35.3 Å². The van der Waals surface area contributed by atoms with E-state index in [1.165, 1.54) is 10.9 Å². The second-order valence-corrected chi connectivity index (χ2v) is 7.66. The van der Waals surface area contributed by atoms with E-state index in [9.17, 15) is 4.39 Å². The van der Waals surface area contributed by atoms with Gasteiger partial charge in [-0.15, -0.1) is 35.3 Å². The molecule has 3 aromatic rings. The van der Waals surface area contributed by atoms with Crippen molar-refractivity contribution in [1.29, 1.82) is 0 Å². The van der Waals surface area contributed by atoms with Crippen LogP contribution in [0.25, 0.3) is 5.69 Å². The predicted molar refractivity (Wildman–Crippen MR) is 127 cm³/mol. The van der Waals surface area contributed by atoms with E-state index in [1.807, 2.05) is 19.9 Å². The van der Waals surface area contributed by atoms with Gasteiger partial charge >= 0.3 is 0 Å². The number of guanidine groups is 1. The summed E-state index contributed by atoms with van der Waals surface area (Å²) in [5.74, 6) is 0.421. The third kappa shape index (κ3) is 6.49. The van der Waals surface area contributed by atoms with Crippen LogP contribution in [0.2, 0.25) is 0 Å². The average molecular weight is 528 g/mol. The summed E-state index contributed by atoms with van der Waals surface area (Å²) >= 11 is 1.73. The molecule has 2 heterocycles. The maximum absolute atomic E-state index is 14.4. The summed E-state index contributed by atoms with van der Waals surface area (Å²) in [4.78, 5) is 14.3. The summed E-state index contributed by atoms with van der Waals surface area (Å²) in [5, 5.41) is 7.66. The van der Waals surface area contributed by atoms with E-state index in [0.29, 0.717) is 18.2 Å². The number of rotatable bonds is 7. The van der Waals surface area contributed by atoms with Crippen molar-refractivity contribution in [2.75, 3.05) is 13.1 Å². The Balaban J connectivity index is 0.00000300. The van der Waals surface area contributed by atoms with E-state index >= 15 is 0 Å². The molecule has 0 bridgehead atoms. The summed E-state index contributed by atoms with van der Waals surface area (Å²) < 4.78 is 16.0. The average Bonchev–Trinajstić information content (AvgIpc) is 3.30. The van der Waals surface area contributed by atoms with Gasteiger partial charge in [-0.1, -0.05) is 6.07 Å². The molecule has 156 valence electrons. The number of imidazole rings is 1. The molecule has 0 radical (unpaired) electrons. The Morgan fingerprint density at radius 1 is 1.28 bits per heavy atom. The standard InChI is InChI=1S/C20H25FN6S.HI/c1-4-23-20(24-8-7-19-26-14(2)15(3)28-19)25-12-16-5-6-18(17(21)11-16)27-10-9-22-13-27;/h5-6,9-11,13H,4,7-8,12H2,1-3H3,(H2,23,24,25);1H. The minimum atomic E-state index is -0.293. The maximum Gasteiger partial charge on any atom is 0.191 e. The summed E-state index contributed by atoms with van der Waals surface area (Å²) in [6, 6.07) is 5.14. The highest BCUT2D eigenvalue weighted by Crippen LogP contribution is 2.17. The minimum absolute atomic E-state index is 0. The fraction of sp³-hybridized carbons (Fsp3) is 0.350. The third-order valence-electron chi connectivity index (χ3n) is 4.26. The number of hydrogen-bond acceptors (Lipinski definition) is 4. The summed E-state index contributed by atoms with van der Waals surface area (Å²) in [5.41, 5.74) is 2.38. The van der Waals surface area contributed by atoms with E-state index in [2.05, 4.69) is 32.5 Å². The number of benzene rings is 1. The monoisotopic (exact) mass is 528 g/mol. The van der Waals surface area contributed by atoms with Crippen LogP contribution in [0.1, 0.15) is 28.1 Å². The lowest BCUT2D eigenvalue weighted by Crippen LogP contribution is -2.38. The number of aromatic nitrogens is 3. The molecule has 0 aliphatic heterocycles. The van der Waals surface area contributed by atoms with Crippen molar-refractivity contribution in [2.24, 2.45) is 4.99 Å². The molecule has 9 heteroatoms. The maximum atomic E-state index is 14.4. The lowest BCUT2D eigenvalue weighted by atomic mass is 10.2. The van der Waals surface area contributed by atoms with E-state index < -0.39 is 0 Å². The molecule has 2 N–H and O–H groups in total. The highest BCUT2D eigenvalue weighted by Gasteiger charge is 2.07. The van der Waals surface area contributed by atoms with Crippen LogP contribution in [0.3, 0.4) is 0 Å². The largest absolute Gasteiger partial charge is 0.357 e. The highest BCUT2D eigenvalue weighted by molar-refractivity contribution is 14.0. The molecule has 3 rings (SSSR count). The zero-order valence-electron chi connectivity index (χ0n) is 16.8. The molecule has 0 aliphatic carbocycles. The molecule has 2 aromatic heterocycles. The van der Waals surface area contributed by atoms with Gasteiger partial charge in [0, 0.05) is 36.8 Å². The second kappa shape index (κ2) is 11.2. The molecule has 6 nitrogen and oxygen atoms in total. The van der Waals surface area contributed by atoms with Crippen molar-refractivity contribution < 1.29 is 4.39 Å². The Bertz CT molecular complexity index is 919. The molecule has 0 fully saturated rings. The molecule has 0 saturated carbocycles. The number of nitrogens with zero attached hydrogens (tertiary/aromatic N) is 4. The van der Waals surface area contributed by atoms with Crippen LogP contribution < -0.4 is 10.6 Å². The highest BCUT2D eigenvalue weighted by atomic mass is 127. The van der Waals surface area contributed by atoms with Crippen LogP contribution in [-0.4, -0.2) is 33.6 Å². The molecule has 0 atom stereocenters. The Kier molecular flexibility index (Phi) is 9.02. The number of aryl methyl sites for hydroxylation is 2. The first kappa shape index (κ1) is 23.3. The Morgan fingerprint density at radius 2 is 2.10 bits per heavy atom. The molecular formula is C20H26FIN6S. The number of hydrogen-bond donors (Lipinski definition) is 2. The van der Waals surface area contributed by atoms with Gasteiger partial charge in [0.05, 0.1) is 29.3 Å². The Morgan fingerprint density at radius 3 is 2.72 bits per heavy atom. The van der Waals surface area contributed by atoms with Crippen molar-refractivity contribution in [3.05, 3.63) is 63.9 Å². The van der Waals surface area contributed by atoms with Crippen LogP contribution in [0, 0.1) is 19.7 Å². The zero-order valence-corrected chi connectivity index (χ0v) is 19.9. The summed E-state index contributed by atoms with van der Waals surface area (Å²) in [7, 11) is 0. The van der Waals surface area contributed by atoms with Gasteiger partial charge in [-0.3, -0.25) is 0 Å². The number of thiazole rings is 1. The second-order valence-electron chi connectivity index (χ2n) is 6.38. The van der Waals surface area contributed by atoms with Gasteiger partial charge in [-0.05, 0) is 38.5 Å². The van der Waals surface area contributed by atoms with Crippen molar-refractivity contribution in [3.8, 4) is 5.69 Å². The lowest BCUT2D eigenvalue weighted by molar-refractivity contribution is 0.615. The lowest BCUT2D eigenvalue weighted by Gasteiger charge is -2.11. The first-order valence-corrected chi connectivity index (χ1v) is 10.1. The van der Waals surface area contributed by atoms with Gasteiger partial charge in [0.1, 0.15) is 5.82 Å². The van der Waals surface area contributed by atoms with Crippen molar-refractivity contribution in [1.82, 2.24) is 25.2 Å². The van der Waals surface area contributed by atoms with Crippen LogP contribution in [0.4, 0.5) is 4.39 Å². The van der Waals surface area contributed by atoms with Gasteiger partial charge in [0.15, 0.2) is 5.96 Å². The third-order valence-corrected chi connectivity index (χ3v) is 5.40. The molecule has 0 amide bonds. The van der Waals surface area contributed by atoms with Crippen LogP contribution in [0.5, 0.6) is 0 Å². The van der Waals surface area contributed by atoms with Gasteiger partial charge in [-0.2, -0.15) is 0 Å². The summed E-state index contributed by atoms with van der Waals surface area (Å²) in [6.45, 7) is 8.04. The normalized spacial score (nSPS) is 11.2. The molecule has 0 unspecified atom stereocenters. The quantitative estimate of drug-likeness (QED) is 0.277. The van der Waals surface area contributed by atoms with E-state index in [4.69, 9.17) is 0 Å². The molecule has 0 spiro atoms. The molecule has 29 heavy (non-hydrogen) atoms. The molecular weight excluding hydrogens is 502 g/mol. The SMILES string of the molecule is CCNC(=NCc1ccc(-n2ccnc2)c(F)c1)NCCc1nc(C)c(C)s1.I. The minimum Gasteiger partial charge on any atom is -0.357 e. The van der Waals surface area contributed by atoms with Crippen LogP contribution in [-0.2, 0) is 13.0 Å². The van der Waals surface area contributed by atoms with Crippen molar-refractivity contribution >= 4 is 41.3 Å². The fourth-order valence-corrected chi connectivity index (χ4v) is 3.64. The molecule has 0 aliphatic rings. The van der Waals surface area contributed by atoms with E-state index in [-0.39, 0.29) is 29.8 Å². The number of nitrogens with one attached hydrogen (secondary N) is 2. The van der Waals surface area contributed by atoms with E-state index in [0.717, 1.165) is 35.8 Å².